The van der Waals surface area contributed by atoms with Gasteiger partial charge in [0.2, 0.25) is 5.91 Å². The number of anilines is 1. The van der Waals surface area contributed by atoms with E-state index in [9.17, 15) is 4.79 Å². The van der Waals surface area contributed by atoms with Crippen molar-refractivity contribution in [1.29, 1.82) is 0 Å². The summed E-state index contributed by atoms with van der Waals surface area (Å²) < 4.78 is 0. The maximum absolute atomic E-state index is 12.0. The molecule has 1 aromatic carbocycles. The molecule has 1 amide bonds. The molecule has 90 valence electrons. The zero-order valence-corrected chi connectivity index (χ0v) is 10.1. The summed E-state index contributed by atoms with van der Waals surface area (Å²) in [7, 11) is 0. The third-order valence-corrected chi connectivity index (χ3v) is 2.43. The number of carbonyl (C=O) groups excluding carboxylic acids is 1. The van der Waals surface area contributed by atoms with E-state index in [1.807, 2.05) is 25.1 Å². The summed E-state index contributed by atoms with van der Waals surface area (Å²) in [4.78, 5) is 13.7. The molecule has 0 saturated heterocycles. The van der Waals surface area contributed by atoms with Crippen LogP contribution in [0.1, 0.15) is 18.9 Å². The summed E-state index contributed by atoms with van der Waals surface area (Å²) in [6.45, 7) is 3.09. The Kier molecular flexibility index (Phi) is 5.09. The van der Waals surface area contributed by atoms with E-state index in [0.717, 1.165) is 12.0 Å². The maximum atomic E-state index is 12.0. The van der Waals surface area contributed by atoms with E-state index in [0.29, 0.717) is 25.2 Å². The Morgan fingerprint density at radius 3 is 2.88 bits per heavy atom. The molecule has 0 spiro atoms. The second kappa shape index (κ2) is 6.59. The molecule has 0 fully saturated rings. The van der Waals surface area contributed by atoms with E-state index >= 15 is 0 Å². The first-order chi connectivity index (χ1) is 8.17. The maximum Gasteiger partial charge on any atom is 0.227 e. The molecule has 0 saturated carbocycles. The second-order valence-electron chi connectivity index (χ2n) is 3.94. The largest absolute Gasteiger partial charge is 0.399 e. The number of nitrogens with zero attached hydrogens (tertiary/aromatic N) is 1. The fourth-order valence-electron chi connectivity index (χ4n) is 1.66. The lowest BCUT2D eigenvalue weighted by atomic mass is 10.1. The standard InChI is InChI=1S/C14H18N2O/c1-3-8-16(9-4-2)14(17)11-12-6-5-7-13(15)10-12/h1,5-7,10H,4,8-9,11,15H2,2H3. The van der Waals surface area contributed by atoms with E-state index in [-0.39, 0.29) is 5.91 Å². The second-order valence-corrected chi connectivity index (χ2v) is 3.94. The van der Waals surface area contributed by atoms with Gasteiger partial charge in [0.25, 0.3) is 0 Å². The van der Waals surface area contributed by atoms with Gasteiger partial charge in [0.15, 0.2) is 0 Å². The number of carbonyl (C=O) groups is 1. The molecule has 0 atom stereocenters. The number of hydrogen-bond acceptors (Lipinski definition) is 2. The molecule has 0 aliphatic carbocycles. The topological polar surface area (TPSA) is 46.3 Å². The highest BCUT2D eigenvalue weighted by Gasteiger charge is 2.11. The van der Waals surface area contributed by atoms with E-state index < -0.39 is 0 Å². The van der Waals surface area contributed by atoms with E-state index in [2.05, 4.69) is 5.92 Å². The quantitative estimate of drug-likeness (QED) is 0.618. The zero-order valence-electron chi connectivity index (χ0n) is 10.1. The third-order valence-electron chi connectivity index (χ3n) is 2.43. The number of hydrogen-bond donors (Lipinski definition) is 1. The van der Waals surface area contributed by atoms with Crippen LogP contribution in [0.4, 0.5) is 5.69 Å². The van der Waals surface area contributed by atoms with Crippen LogP contribution in [0.25, 0.3) is 0 Å². The lowest BCUT2D eigenvalue weighted by Gasteiger charge is -2.19. The molecule has 0 aliphatic heterocycles. The molecule has 0 bridgehead atoms. The van der Waals surface area contributed by atoms with Gasteiger partial charge in [-0.2, -0.15) is 0 Å². The Morgan fingerprint density at radius 2 is 2.29 bits per heavy atom. The van der Waals surface area contributed by atoms with E-state index in [1.165, 1.54) is 0 Å². The average Bonchev–Trinajstić information content (AvgIpc) is 2.28. The Morgan fingerprint density at radius 1 is 1.53 bits per heavy atom. The van der Waals surface area contributed by atoms with Gasteiger partial charge >= 0.3 is 0 Å². The molecule has 3 nitrogen and oxygen atoms in total. The fourth-order valence-corrected chi connectivity index (χ4v) is 1.66. The van der Waals surface area contributed by atoms with Gasteiger partial charge in [-0.05, 0) is 24.1 Å². The summed E-state index contributed by atoms with van der Waals surface area (Å²) in [6, 6.07) is 7.37. The van der Waals surface area contributed by atoms with Crippen LogP contribution in [-0.4, -0.2) is 23.9 Å². The van der Waals surface area contributed by atoms with E-state index in [4.69, 9.17) is 12.2 Å². The lowest BCUT2D eigenvalue weighted by Crippen LogP contribution is -2.33. The molecule has 0 aromatic heterocycles. The average molecular weight is 230 g/mol. The SMILES string of the molecule is C#CCN(CCC)C(=O)Cc1cccc(N)c1. The Bertz CT molecular complexity index is 420. The summed E-state index contributed by atoms with van der Waals surface area (Å²) in [5.41, 5.74) is 7.27. The van der Waals surface area contributed by atoms with E-state index in [1.54, 1.807) is 11.0 Å². The molecular weight excluding hydrogens is 212 g/mol. The van der Waals surface area contributed by atoms with Gasteiger partial charge in [0, 0.05) is 12.2 Å². The van der Waals surface area contributed by atoms with Gasteiger partial charge in [-0.3, -0.25) is 4.79 Å². The van der Waals surface area contributed by atoms with Gasteiger partial charge in [-0.15, -0.1) is 6.42 Å². The minimum Gasteiger partial charge on any atom is -0.399 e. The van der Waals surface area contributed by atoms with Crippen LogP contribution < -0.4 is 5.73 Å². The van der Waals surface area contributed by atoms with Crippen molar-refractivity contribution < 1.29 is 4.79 Å². The smallest absolute Gasteiger partial charge is 0.227 e. The molecule has 0 aliphatic rings. The van der Waals surface area contributed by atoms with Crippen molar-refractivity contribution in [3.8, 4) is 12.3 Å². The van der Waals surface area contributed by atoms with Gasteiger partial charge in [-0.1, -0.05) is 25.0 Å². The van der Waals surface area contributed by atoms with Gasteiger partial charge in [-0.25, -0.2) is 0 Å². The molecule has 3 heteroatoms. The molecular formula is C14H18N2O. The molecule has 1 aromatic rings. The van der Waals surface area contributed by atoms with Crippen LogP contribution in [0.3, 0.4) is 0 Å². The van der Waals surface area contributed by atoms with Crippen molar-refractivity contribution >= 4 is 11.6 Å². The number of nitrogens with two attached hydrogens (primary N) is 1. The minimum atomic E-state index is 0.0513. The molecule has 0 radical (unpaired) electrons. The van der Waals surface area contributed by atoms with Gasteiger partial charge in [0.05, 0.1) is 13.0 Å². The summed E-state index contributed by atoms with van der Waals surface area (Å²) >= 11 is 0. The van der Waals surface area contributed by atoms with Crippen molar-refractivity contribution in [3.05, 3.63) is 29.8 Å². The van der Waals surface area contributed by atoms with Crippen molar-refractivity contribution in [2.75, 3.05) is 18.8 Å². The monoisotopic (exact) mass is 230 g/mol. The molecule has 0 unspecified atom stereocenters. The van der Waals surface area contributed by atoms with Crippen LogP contribution >= 0.6 is 0 Å². The van der Waals surface area contributed by atoms with Crippen molar-refractivity contribution in [2.45, 2.75) is 19.8 Å². The minimum absolute atomic E-state index is 0.0513. The van der Waals surface area contributed by atoms with Gasteiger partial charge in [0.1, 0.15) is 0 Å². The summed E-state index contributed by atoms with van der Waals surface area (Å²) in [5.74, 6) is 2.56. The van der Waals surface area contributed by atoms with Gasteiger partial charge < -0.3 is 10.6 Å². The lowest BCUT2D eigenvalue weighted by molar-refractivity contribution is -0.129. The first kappa shape index (κ1) is 13.1. The van der Waals surface area contributed by atoms with Crippen molar-refractivity contribution in [2.24, 2.45) is 0 Å². The van der Waals surface area contributed by atoms with Crippen LogP contribution in [0.2, 0.25) is 0 Å². The Hall–Kier alpha value is -1.95. The number of nitrogen functional groups attached to an aromatic ring is 1. The highest BCUT2D eigenvalue weighted by molar-refractivity contribution is 5.79. The molecule has 1 rings (SSSR count). The fraction of sp³-hybridized carbons (Fsp3) is 0.357. The first-order valence-electron chi connectivity index (χ1n) is 5.73. The van der Waals surface area contributed by atoms with Crippen LogP contribution in [0, 0.1) is 12.3 Å². The third kappa shape index (κ3) is 4.20. The van der Waals surface area contributed by atoms with Crippen LogP contribution in [0.5, 0.6) is 0 Å². The number of amides is 1. The number of rotatable bonds is 5. The summed E-state index contributed by atoms with van der Waals surface area (Å²) in [5, 5.41) is 0. The number of terminal acetylenes is 1. The Balaban J connectivity index is 2.66. The summed E-state index contributed by atoms with van der Waals surface area (Å²) in [6.07, 6.45) is 6.51. The normalized spacial score (nSPS) is 9.65. The van der Waals surface area contributed by atoms with Crippen molar-refractivity contribution in [3.63, 3.8) is 0 Å². The predicted octanol–water partition coefficient (Wildman–Crippen LogP) is 1.68. The van der Waals surface area contributed by atoms with Crippen molar-refractivity contribution in [1.82, 2.24) is 4.90 Å². The molecule has 0 heterocycles. The first-order valence-corrected chi connectivity index (χ1v) is 5.73. The van der Waals surface area contributed by atoms with Crippen LogP contribution in [0.15, 0.2) is 24.3 Å². The predicted molar refractivity (Wildman–Crippen MR) is 70.3 cm³/mol. The highest BCUT2D eigenvalue weighted by Crippen LogP contribution is 2.08. The zero-order chi connectivity index (χ0) is 12.7. The molecule has 17 heavy (non-hydrogen) atoms. The number of benzene rings is 1. The van der Waals surface area contributed by atoms with Crippen LogP contribution in [-0.2, 0) is 11.2 Å². The Labute approximate surface area is 103 Å². The highest BCUT2D eigenvalue weighted by atomic mass is 16.2. The molecule has 2 N–H and O–H groups in total.